The third-order valence-corrected chi connectivity index (χ3v) is 8.87. The lowest BCUT2D eigenvalue weighted by Gasteiger charge is -2.41. The monoisotopic (exact) mass is 489 g/mol. The number of carbonyl (C=O) groups excluding carboxylic acids is 1. The van der Waals surface area contributed by atoms with Crippen molar-refractivity contribution in [3.05, 3.63) is 58.6 Å². The van der Waals surface area contributed by atoms with Gasteiger partial charge in [-0.05, 0) is 82.4 Å². The number of rotatable bonds is 6. The fraction of sp³-hybridized carbons (Fsp3) is 0.480. The Labute approximate surface area is 202 Å². The molecule has 0 bridgehead atoms. The summed E-state index contributed by atoms with van der Waals surface area (Å²) >= 11 is 6.33. The molecule has 6 nitrogen and oxygen atoms in total. The molecule has 0 saturated carbocycles. The van der Waals surface area contributed by atoms with Crippen LogP contribution in [0.1, 0.15) is 55.5 Å². The minimum atomic E-state index is -3.82. The van der Waals surface area contributed by atoms with Gasteiger partial charge in [-0.2, -0.15) is 0 Å². The Morgan fingerprint density at radius 2 is 1.76 bits per heavy atom. The van der Waals surface area contributed by atoms with Gasteiger partial charge in [0.05, 0.1) is 21.2 Å². The van der Waals surface area contributed by atoms with E-state index >= 15 is 0 Å². The molecule has 1 saturated heterocycles. The average Bonchev–Trinajstić information content (AvgIpc) is 2.83. The Morgan fingerprint density at radius 3 is 2.52 bits per heavy atom. The Kier molecular flexibility index (Phi) is 7.03. The Morgan fingerprint density at radius 1 is 1.03 bits per heavy atom. The smallest absolute Gasteiger partial charge is 0.264 e. The van der Waals surface area contributed by atoms with Crippen molar-refractivity contribution in [1.82, 2.24) is 10.2 Å². The summed E-state index contributed by atoms with van der Waals surface area (Å²) < 4.78 is 28.4. The lowest BCUT2D eigenvalue weighted by Crippen LogP contribution is -2.53. The van der Waals surface area contributed by atoms with Crippen molar-refractivity contribution >= 4 is 33.2 Å². The maximum absolute atomic E-state index is 13.5. The van der Waals surface area contributed by atoms with Crippen LogP contribution >= 0.6 is 11.6 Å². The molecule has 2 aliphatic heterocycles. The van der Waals surface area contributed by atoms with Crippen molar-refractivity contribution in [3.63, 3.8) is 0 Å². The van der Waals surface area contributed by atoms with Gasteiger partial charge in [0.15, 0.2) is 0 Å². The molecule has 2 aliphatic rings. The number of halogens is 1. The Bertz CT molecular complexity index is 1130. The van der Waals surface area contributed by atoms with Gasteiger partial charge in [0.25, 0.3) is 15.9 Å². The van der Waals surface area contributed by atoms with Crippen LogP contribution in [-0.4, -0.2) is 50.9 Å². The zero-order chi connectivity index (χ0) is 23.6. The molecule has 1 N–H and O–H groups in total. The number of likely N-dealkylation sites (tertiary alicyclic amines) is 1. The van der Waals surface area contributed by atoms with E-state index in [1.807, 2.05) is 24.3 Å². The number of carbonyl (C=O) groups is 1. The van der Waals surface area contributed by atoms with E-state index < -0.39 is 10.0 Å². The molecule has 2 heterocycles. The summed E-state index contributed by atoms with van der Waals surface area (Å²) in [5.41, 5.74) is 1.70. The SMILES string of the molecule is CC(C)(CNC(=O)c1cc(S(=O)(=O)N2CCCc3ccccc32)ccc1Cl)N1CCCCC1. The maximum Gasteiger partial charge on any atom is 0.264 e. The van der Waals surface area contributed by atoms with Crippen LogP contribution < -0.4 is 9.62 Å². The van der Waals surface area contributed by atoms with E-state index in [0.717, 1.165) is 31.5 Å². The molecule has 2 aromatic rings. The molecule has 0 aromatic heterocycles. The van der Waals surface area contributed by atoms with Crippen molar-refractivity contribution in [3.8, 4) is 0 Å². The maximum atomic E-state index is 13.5. The summed E-state index contributed by atoms with van der Waals surface area (Å²) in [5.74, 6) is -0.360. The summed E-state index contributed by atoms with van der Waals surface area (Å²) in [5, 5.41) is 3.22. The highest BCUT2D eigenvalue weighted by atomic mass is 35.5. The number of fused-ring (bicyclic) bond motifs is 1. The largest absolute Gasteiger partial charge is 0.350 e. The number of benzene rings is 2. The average molecular weight is 490 g/mol. The molecule has 1 amide bonds. The normalized spacial score (nSPS) is 17.5. The number of amides is 1. The van der Waals surface area contributed by atoms with Crippen LogP contribution in [0, 0.1) is 0 Å². The number of anilines is 1. The number of aryl methyl sites for hydroxylation is 1. The van der Waals surface area contributed by atoms with Gasteiger partial charge < -0.3 is 5.32 Å². The van der Waals surface area contributed by atoms with E-state index in [1.165, 1.54) is 41.8 Å². The first kappa shape index (κ1) is 24.0. The van der Waals surface area contributed by atoms with Crippen molar-refractivity contribution in [2.75, 3.05) is 30.5 Å². The number of hydrogen-bond donors (Lipinski definition) is 1. The van der Waals surface area contributed by atoms with Crippen LogP contribution in [0.2, 0.25) is 5.02 Å². The number of nitrogens with zero attached hydrogens (tertiary/aromatic N) is 2. The third-order valence-electron chi connectivity index (χ3n) is 6.73. The second kappa shape index (κ2) is 9.65. The minimum Gasteiger partial charge on any atom is -0.350 e. The highest BCUT2D eigenvalue weighted by molar-refractivity contribution is 7.92. The number of para-hydroxylation sites is 1. The van der Waals surface area contributed by atoms with Crippen LogP contribution in [0.3, 0.4) is 0 Å². The van der Waals surface area contributed by atoms with Crippen molar-refractivity contribution in [2.45, 2.75) is 56.4 Å². The van der Waals surface area contributed by atoms with Crippen LogP contribution in [-0.2, 0) is 16.4 Å². The van der Waals surface area contributed by atoms with Crippen molar-refractivity contribution < 1.29 is 13.2 Å². The highest BCUT2D eigenvalue weighted by Gasteiger charge is 2.31. The van der Waals surface area contributed by atoms with Crippen LogP contribution in [0.5, 0.6) is 0 Å². The Balaban J connectivity index is 1.55. The standard InChI is InChI=1S/C25H32ClN3O3S/c1-25(2,28-14-6-3-7-15-28)18-27-24(30)21-17-20(12-13-22(21)26)33(31,32)29-16-8-10-19-9-4-5-11-23(19)29/h4-5,9,11-13,17H,3,6-8,10,14-16,18H2,1-2H3,(H,27,30). The predicted molar refractivity (Wildman–Crippen MR) is 133 cm³/mol. The van der Waals surface area contributed by atoms with E-state index in [2.05, 4.69) is 24.1 Å². The molecule has 1 fully saturated rings. The fourth-order valence-corrected chi connectivity index (χ4v) is 6.49. The highest BCUT2D eigenvalue weighted by Crippen LogP contribution is 2.33. The number of hydrogen-bond acceptors (Lipinski definition) is 4. The predicted octanol–water partition coefficient (Wildman–Crippen LogP) is 4.48. The second-order valence-electron chi connectivity index (χ2n) is 9.49. The summed E-state index contributed by atoms with van der Waals surface area (Å²) in [6, 6.07) is 11.9. The summed E-state index contributed by atoms with van der Waals surface area (Å²) in [6.45, 7) is 7.15. The van der Waals surface area contributed by atoms with Gasteiger partial charge >= 0.3 is 0 Å². The minimum absolute atomic E-state index is 0.0732. The second-order valence-corrected chi connectivity index (χ2v) is 11.8. The molecule has 33 heavy (non-hydrogen) atoms. The van der Waals surface area contributed by atoms with Gasteiger partial charge in [-0.1, -0.05) is 36.2 Å². The zero-order valence-corrected chi connectivity index (χ0v) is 20.9. The van der Waals surface area contributed by atoms with E-state index in [4.69, 9.17) is 11.6 Å². The summed E-state index contributed by atoms with van der Waals surface area (Å²) in [7, 11) is -3.82. The van der Waals surface area contributed by atoms with Crippen LogP contribution in [0.4, 0.5) is 5.69 Å². The lowest BCUT2D eigenvalue weighted by atomic mass is 9.98. The van der Waals surface area contributed by atoms with E-state index in [9.17, 15) is 13.2 Å². The lowest BCUT2D eigenvalue weighted by molar-refractivity contribution is 0.0797. The van der Waals surface area contributed by atoms with E-state index in [-0.39, 0.29) is 26.9 Å². The Hall–Kier alpha value is -2.09. The molecule has 8 heteroatoms. The van der Waals surface area contributed by atoms with E-state index in [0.29, 0.717) is 18.8 Å². The molecule has 0 spiro atoms. The van der Waals surface area contributed by atoms with Crippen molar-refractivity contribution in [2.24, 2.45) is 0 Å². The van der Waals surface area contributed by atoms with Crippen LogP contribution in [0.15, 0.2) is 47.4 Å². The quantitative estimate of drug-likeness (QED) is 0.649. The molecule has 2 aromatic carbocycles. The first-order valence-electron chi connectivity index (χ1n) is 11.6. The zero-order valence-electron chi connectivity index (χ0n) is 19.3. The molecule has 0 atom stereocenters. The molecule has 178 valence electrons. The molecular weight excluding hydrogens is 458 g/mol. The van der Waals surface area contributed by atoms with Gasteiger partial charge in [0, 0.05) is 18.6 Å². The molecular formula is C25H32ClN3O3S. The summed E-state index contributed by atoms with van der Waals surface area (Å²) in [6.07, 6.45) is 5.19. The van der Waals surface area contributed by atoms with Gasteiger partial charge in [-0.15, -0.1) is 0 Å². The molecule has 4 rings (SSSR count). The topological polar surface area (TPSA) is 69.7 Å². The number of piperidine rings is 1. The van der Waals surface area contributed by atoms with Crippen LogP contribution in [0.25, 0.3) is 0 Å². The van der Waals surface area contributed by atoms with Gasteiger partial charge in [0.1, 0.15) is 0 Å². The van der Waals surface area contributed by atoms with Gasteiger partial charge in [-0.25, -0.2) is 8.42 Å². The number of nitrogens with one attached hydrogen (secondary N) is 1. The molecule has 0 radical (unpaired) electrons. The first-order valence-corrected chi connectivity index (χ1v) is 13.5. The van der Waals surface area contributed by atoms with Crippen molar-refractivity contribution in [1.29, 1.82) is 0 Å². The van der Waals surface area contributed by atoms with Gasteiger partial charge in [0.2, 0.25) is 0 Å². The third kappa shape index (κ3) is 5.05. The first-order chi connectivity index (χ1) is 15.7. The molecule has 0 unspecified atom stereocenters. The van der Waals surface area contributed by atoms with Gasteiger partial charge in [-0.3, -0.25) is 14.0 Å². The molecule has 0 aliphatic carbocycles. The number of sulfonamides is 1. The van der Waals surface area contributed by atoms with E-state index in [1.54, 1.807) is 0 Å². The fourth-order valence-electron chi connectivity index (χ4n) is 4.72. The summed E-state index contributed by atoms with van der Waals surface area (Å²) in [4.78, 5) is 15.5.